The molecule has 40 heavy (non-hydrogen) atoms. The number of urea groups is 1. The molecule has 2 aromatic carbocycles. The van der Waals surface area contributed by atoms with Crippen LogP contribution in [0, 0.1) is 0 Å². The molecule has 0 radical (unpaired) electrons. The van der Waals surface area contributed by atoms with E-state index in [1.54, 1.807) is 4.90 Å². The summed E-state index contributed by atoms with van der Waals surface area (Å²) in [6, 6.07) is 19.1. The number of amides is 4. The number of carbonyl (C=O) groups excluding carboxylic acids is 3. The Balaban J connectivity index is 1.43. The second kappa shape index (κ2) is 12.8. The van der Waals surface area contributed by atoms with Crippen molar-refractivity contribution in [2.75, 3.05) is 32.8 Å². The maximum atomic E-state index is 14.4. The van der Waals surface area contributed by atoms with E-state index >= 15 is 0 Å². The quantitative estimate of drug-likeness (QED) is 0.374. The zero-order valence-electron chi connectivity index (χ0n) is 22.8. The maximum absolute atomic E-state index is 14.4. The van der Waals surface area contributed by atoms with Crippen LogP contribution in [-0.4, -0.2) is 72.2 Å². The lowest BCUT2D eigenvalue weighted by Gasteiger charge is -2.40. The highest BCUT2D eigenvalue weighted by Gasteiger charge is 2.46. The van der Waals surface area contributed by atoms with Crippen molar-refractivity contribution in [3.05, 3.63) is 83.3 Å². The number of ether oxygens (including phenoxy) is 1. The summed E-state index contributed by atoms with van der Waals surface area (Å²) in [5.41, 5.74) is -0.198. The topological polar surface area (TPSA) is 91.0 Å². The summed E-state index contributed by atoms with van der Waals surface area (Å²) in [4.78, 5) is 45.7. The minimum Gasteiger partial charge on any atom is -0.377 e. The molecule has 5 rings (SSSR count). The van der Waals surface area contributed by atoms with E-state index in [1.165, 1.54) is 16.2 Å². The fourth-order valence-corrected chi connectivity index (χ4v) is 6.27. The molecule has 1 atom stereocenters. The minimum atomic E-state index is -1.23. The van der Waals surface area contributed by atoms with Gasteiger partial charge in [-0.1, -0.05) is 67.6 Å². The first-order valence-electron chi connectivity index (χ1n) is 13.9. The molecule has 1 fully saturated rings. The van der Waals surface area contributed by atoms with E-state index in [9.17, 15) is 14.4 Å². The molecule has 0 bridgehead atoms. The van der Waals surface area contributed by atoms with E-state index in [1.807, 2.05) is 79.7 Å². The minimum absolute atomic E-state index is 0.204. The van der Waals surface area contributed by atoms with Gasteiger partial charge in [0.05, 0.1) is 18.1 Å². The van der Waals surface area contributed by atoms with Crippen molar-refractivity contribution < 1.29 is 19.1 Å². The number of nitrogens with one attached hydrogen (secondary N) is 2. The number of nitrogens with zero attached hydrogens (tertiary/aromatic N) is 2. The first-order valence-corrected chi connectivity index (χ1v) is 14.8. The lowest BCUT2D eigenvalue weighted by atomic mass is 9.93. The summed E-state index contributed by atoms with van der Waals surface area (Å²) >= 11 is 1.40. The Morgan fingerprint density at radius 1 is 1.05 bits per heavy atom. The van der Waals surface area contributed by atoms with E-state index in [0.29, 0.717) is 50.4 Å². The summed E-state index contributed by atoms with van der Waals surface area (Å²) in [5, 5.41) is 7.41. The number of thiophene rings is 1. The van der Waals surface area contributed by atoms with Crippen molar-refractivity contribution in [2.45, 2.75) is 44.3 Å². The molecule has 1 unspecified atom stereocenters. The van der Waals surface area contributed by atoms with E-state index in [2.05, 4.69) is 10.6 Å². The summed E-state index contributed by atoms with van der Waals surface area (Å²) in [7, 11) is 0. The fourth-order valence-electron chi connectivity index (χ4n) is 5.32. The van der Waals surface area contributed by atoms with E-state index in [-0.39, 0.29) is 30.6 Å². The van der Waals surface area contributed by atoms with Crippen LogP contribution in [0.15, 0.2) is 72.8 Å². The third-order valence-corrected chi connectivity index (χ3v) is 8.56. The molecule has 1 aromatic heterocycles. The largest absolute Gasteiger partial charge is 0.377 e. The normalized spacial score (nSPS) is 18.0. The molecule has 9 heteroatoms. The molecule has 1 aliphatic heterocycles. The van der Waals surface area contributed by atoms with Gasteiger partial charge < -0.3 is 15.0 Å². The Morgan fingerprint density at radius 2 is 1.80 bits per heavy atom. The van der Waals surface area contributed by atoms with Gasteiger partial charge in [-0.25, -0.2) is 4.79 Å². The SMILES string of the molecule is CCCN(C(=O)N(CCc1ccccc1)C(=O)C1(NC(=O)c2cc3ccccc3s2)CC=CC1)C1COCCN1. The Hall–Kier alpha value is -3.53. The molecule has 0 spiro atoms. The third kappa shape index (κ3) is 6.11. The van der Waals surface area contributed by atoms with E-state index in [0.717, 1.165) is 22.1 Å². The number of imide groups is 1. The van der Waals surface area contributed by atoms with Gasteiger partial charge >= 0.3 is 6.03 Å². The summed E-state index contributed by atoms with van der Waals surface area (Å²) in [6.45, 7) is 4.27. The summed E-state index contributed by atoms with van der Waals surface area (Å²) < 4.78 is 6.66. The molecular weight excluding hydrogens is 524 g/mol. The Labute approximate surface area is 239 Å². The highest BCUT2D eigenvalue weighted by Crippen LogP contribution is 2.30. The van der Waals surface area contributed by atoms with Gasteiger partial charge in [0.1, 0.15) is 11.7 Å². The number of hydrogen-bond donors (Lipinski definition) is 2. The molecule has 2 N–H and O–H groups in total. The van der Waals surface area contributed by atoms with Crippen LogP contribution in [0.25, 0.3) is 10.1 Å². The van der Waals surface area contributed by atoms with Crippen molar-refractivity contribution in [3.8, 4) is 0 Å². The first-order chi connectivity index (χ1) is 19.5. The van der Waals surface area contributed by atoms with Crippen molar-refractivity contribution >= 4 is 39.3 Å². The van der Waals surface area contributed by atoms with Crippen LogP contribution in [0.1, 0.15) is 41.4 Å². The van der Waals surface area contributed by atoms with Gasteiger partial charge in [-0.05, 0) is 48.8 Å². The van der Waals surface area contributed by atoms with Crippen molar-refractivity contribution in [2.24, 2.45) is 0 Å². The predicted octanol–water partition coefficient (Wildman–Crippen LogP) is 4.57. The monoisotopic (exact) mass is 560 g/mol. The highest BCUT2D eigenvalue weighted by molar-refractivity contribution is 7.20. The Bertz CT molecular complexity index is 1320. The van der Waals surface area contributed by atoms with Crippen LogP contribution in [0.3, 0.4) is 0 Å². The number of rotatable bonds is 9. The van der Waals surface area contributed by atoms with Gasteiger partial charge in [-0.15, -0.1) is 11.3 Å². The number of carbonyl (C=O) groups is 3. The van der Waals surface area contributed by atoms with Crippen LogP contribution in [0.4, 0.5) is 4.79 Å². The Morgan fingerprint density at radius 3 is 2.50 bits per heavy atom. The lowest BCUT2D eigenvalue weighted by molar-refractivity contribution is -0.135. The standard InChI is InChI=1S/C31H36N4O4S/c1-2-18-34(27-22-39-20-17-32-27)30(38)35(19-14-23-10-4-3-5-11-23)29(37)31(15-8-9-16-31)33-28(36)26-21-24-12-6-7-13-25(24)40-26/h3-13,21,27,32H,2,14-20,22H2,1H3,(H,33,36). The van der Waals surface area contributed by atoms with Crippen LogP contribution in [0.2, 0.25) is 0 Å². The number of hydrogen-bond acceptors (Lipinski definition) is 6. The van der Waals surface area contributed by atoms with Gasteiger partial charge in [-0.2, -0.15) is 0 Å². The van der Waals surface area contributed by atoms with Crippen LogP contribution in [0.5, 0.6) is 0 Å². The van der Waals surface area contributed by atoms with E-state index < -0.39 is 5.54 Å². The van der Waals surface area contributed by atoms with Crippen molar-refractivity contribution in [1.82, 2.24) is 20.4 Å². The molecule has 1 aliphatic carbocycles. The molecule has 2 aliphatic rings. The number of morpholine rings is 1. The molecule has 1 saturated heterocycles. The second-order valence-corrected chi connectivity index (χ2v) is 11.4. The average molecular weight is 561 g/mol. The summed E-state index contributed by atoms with van der Waals surface area (Å²) in [6.07, 6.45) is 5.40. The first kappa shape index (κ1) is 28.0. The van der Waals surface area contributed by atoms with Gasteiger partial charge in [0.25, 0.3) is 11.8 Å². The lowest BCUT2D eigenvalue weighted by Crippen LogP contribution is -2.64. The fraction of sp³-hybridized carbons (Fsp3) is 0.387. The second-order valence-electron chi connectivity index (χ2n) is 10.3. The molecule has 3 aromatic rings. The van der Waals surface area contributed by atoms with Gasteiger partial charge in [0.15, 0.2) is 0 Å². The van der Waals surface area contributed by atoms with E-state index in [4.69, 9.17) is 4.74 Å². The van der Waals surface area contributed by atoms with Crippen molar-refractivity contribution in [3.63, 3.8) is 0 Å². The molecule has 4 amide bonds. The van der Waals surface area contributed by atoms with Crippen molar-refractivity contribution in [1.29, 1.82) is 0 Å². The number of fused-ring (bicyclic) bond motifs is 1. The van der Waals surface area contributed by atoms with Gasteiger partial charge in [0.2, 0.25) is 0 Å². The molecule has 0 saturated carbocycles. The third-order valence-electron chi connectivity index (χ3n) is 7.44. The van der Waals surface area contributed by atoms with Gasteiger partial charge in [0, 0.05) is 24.3 Å². The van der Waals surface area contributed by atoms with Crippen LogP contribution < -0.4 is 10.6 Å². The van der Waals surface area contributed by atoms with Crippen LogP contribution in [-0.2, 0) is 16.0 Å². The molecular formula is C31H36N4O4S. The average Bonchev–Trinajstić information content (AvgIpc) is 3.65. The Kier molecular flexibility index (Phi) is 8.94. The zero-order chi connectivity index (χ0) is 28.0. The zero-order valence-corrected chi connectivity index (χ0v) is 23.6. The molecule has 8 nitrogen and oxygen atoms in total. The van der Waals surface area contributed by atoms with Crippen LogP contribution >= 0.6 is 11.3 Å². The summed E-state index contributed by atoms with van der Waals surface area (Å²) in [5.74, 6) is -0.688. The smallest absolute Gasteiger partial charge is 0.328 e. The van der Waals surface area contributed by atoms with Gasteiger partial charge in [-0.3, -0.25) is 19.8 Å². The molecule has 210 valence electrons. The number of benzene rings is 2. The predicted molar refractivity (Wildman–Crippen MR) is 157 cm³/mol. The molecule has 2 heterocycles. The maximum Gasteiger partial charge on any atom is 0.328 e. The highest BCUT2D eigenvalue weighted by atomic mass is 32.1.